The molecule has 158 valence electrons. The van der Waals surface area contributed by atoms with Gasteiger partial charge < -0.3 is 9.84 Å². The Bertz CT molecular complexity index is 1010. The molecule has 2 aromatic carbocycles. The number of carbonyl (C=O) groups is 2. The van der Waals surface area contributed by atoms with Gasteiger partial charge in [-0.25, -0.2) is 0 Å². The first kappa shape index (κ1) is 22.0. The molecule has 1 heterocycles. The number of unbranched alkanes of at least 4 members (excludes halogenated alkanes) is 2. The van der Waals surface area contributed by atoms with Gasteiger partial charge in [0.25, 0.3) is 0 Å². The Morgan fingerprint density at radius 3 is 2.39 bits per heavy atom. The van der Waals surface area contributed by atoms with Crippen LogP contribution in [0.2, 0.25) is 0 Å². The number of carboxylic acids is 1. The summed E-state index contributed by atoms with van der Waals surface area (Å²) in [4.78, 5) is 25.7. The highest BCUT2D eigenvalue weighted by Gasteiger charge is 2.06. The number of carbonyl (C=O) groups excluding carboxylic acids is 1. The first-order chi connectivity index (χ1) is 15.2. The number of aldehydes is 1. The van der Waals surface area contributed by atoms with Gasteiger partial charge in [-0.3, -0.25) is 14.6 Å². The molecule has 31 heavy (non-hydrogen) atoms. The van der Waals surface area contributed by atoms with Gasteiger partial charge in [-0.1, -0.05) is 48.5 Å². The second kappa shape index (κ2) is 11.5. The lowest BCUT2D eigenvalue weighted by Gasteiger charge is -2.11. The highest BCUT2D eigenvalue weighted by Crippen LogP contribution is 2.26. The maximum Gasteiger partial charge on any atom is 0.303 e. The van der Waals surface area contributed by atoms with E-state index < -0.39 is 5.97 Å². The lowest BCUT2D eigenvalue weighted by molar-refractivity contribution is -0.137. The summed E-state index contributed by atoms with van der Waals surface area (Å²) in [6.07, 6.45) is 9.01. The Kier molecular flexibility index (Phi) is 8.12. The van der Waals surface area contributed by atoms with Crippen LogP contribution in [-0.4, -0.2) is 22.3 Å². The molecule has 0 atom stereocenters. The summed E-state index contributed by atoms with van der Waals surface area (Å²) in [7, 11) is 0. The summed E-state index contributed by atoms with van der Waals surface area (Å²) in [6.45, 7) is 0.424. The smallest absolute Gasteiger partial charge is 0.303 e. The quantitative estimate of drug-likeness (QED) is 0.328. The lowest BCUT2D eigenvalue weighted by Crippen LogP contribution is -1.96. The minimum atomic E-state index is -0.758. The van der Waals surface area contributed by atoms with E-state index in [9.17, 15) is 9.59 Å². The first-order valence-corrected chi connectivity index (χ1v) is 10.3. The average Bonchev–Trinajstić information content (AvgIpc) is 2.81. The van der Waals surface area contributed by atoms with Gasteiger partial charge in [0.1, 0.15) is 18.6 Å². The molecule has 0 aliphatic rings. The number of aliphatic carboxylic acids is 1. The molecule has 0 amide bonds. The van der Waals surface area contributed by atoms with Crippen LogP contribution < -0.4 is 4.74 Å². The van der Waals surface area contributed by atoms with Gasteiger partial charge >= 0.3 is 5.97 Å². The molecular weight excluding hydrogens is 390 g/mol. The lowest BCUT2D eigenvalue weighted by atomic mass is 9.97. The van der Waals surface area contributed by atoms with Crippen LogP contribution in [0, 0.1) is 0 Å². The summed E-state index contributed by atoms with van der Waals surface area (Å²) in [5.74, 6) is 0.00180. The summed E-state index contributed by atoms with van der Waals surface area (Å²) >= 11 is 0. The van der Waals surface area contributed by atoms with Gasteiger partial charge in [0.2, 0.25) is 0 Å². The molecule has 0 radical (unpaired) electrons. The van der Waals surface area contributed by atoms with E-state index in [-0.39, 0.29) is 6.42 Å². The number of carboxylic acid groups (broad SMARTS) is 1. The minimum Gasteiger partial charge on any atom is -0.489 e. The number of rotatable bonds is 11. The van der Waals surface area contributed by atoms with Crippen LogP contribution in [0.15, 0.2) is 79.1 Å². The predicted octanol–water partition coefficient (Wildman–Crippen LogP) is 5.55. The topological polar surface area (TPSA) is 76.5 Å². The third-order valence-corrected chi connectivity index (χ3v) is 4.85. The summed E-state index contributed by atoms with van der Waals surface area (Å²) in [5.41, 5.74) is 4.77. The molecular formula is C26H25NO4. The zero-order chi connectivity index (χ0) is 21.9. The van der Waals surface area contributed by atoms with E-state index in [1.807, 2.05) is 54.7 Å². The van der Waals surface area contributed by atoms with Crippen molar-refractivity contribution in [1.29, 1.82) is 0 Å². The zero-order valence-electron chi connectivity index (χ0n) is 17.2. The van der Waals surface area contributed by atoms with Crippen LogP contribution >= 0.6 is 0 Å². The number of allylic oxidation sites excluding steroid dienone is 1. The zero-order valence-corrected chi connectivity index (χ0v) is 17.2. The fraction of sp³-hybridized carbons (Fsp3) is 0.192. The van der Waals surface area contributed by atoms with Crippen LogP contribution in [-0.2, 0) is 11.4 Å². The standard InChI is InChI=1S/C26H25NO4/c28-18-20-8-10-21(11-9-20)19-31-24-14-12-22(13-15-24)25(23-5-4-16-27-17-23)6-2-1-3-7-26(29)30/h4-6,8-18H,1-3,7,19H2,(H,29,30)/b25-6+. The molecule has 0 aliphatic heterocycles. The molecule has 0 saturated heterocycles. The van der Waals surface area contributed by atoms with E-state index in [1.54, 1.807) is 18.3 Å². The van der Waals surface area contributed by atoms with Gasteiger partial charge in [0, 0.05) is 29.9 Å². The monoisotopic (exact) mass is 415 g/mol. The molecule has 1 N–H and O–H groups in total. The first-order valence-electron chi connectivity index (χ1n) is 10.3. The fourth-order valence-electron chi connectivity index (χ4n) is 3.18. The van der Waals surface area contributed by atoms with Gasteiger partial charge in [0.15, 0.2) is 0 Å². The van der Waals surface area contributed by atoms with Crippen molar-refractivity contribution in [3.05, 3.63) is 101 Å². The van der Waals surface area contributed by atoms with E-state index in [4.69, 9.17) is 9.84 Å². The molecule has 3 aromatic rings. The molecule has 5 heteroatoms. The SMILES string of the molecule is O=Cc1ccc(COc2ccc(/C(=C\CCCCC(=O)O)c3cccnc3)cc2)cc1. The number of ether oxygens (including phenoxy) is 1. The van der Waals surface area contributed by atoms with Crippen LogP contribution in [0.1, 0.15) is 52.7 Å². The van der Waals surface area contributed by atoms with E-state index in [2.05, 4.69) is 11.1 Å². The number of hydrogen-bond donors (Lipinski definition) is 1. The number of aromatic nitrogens is 1. The molecule has 3 rings (SSSR count). The van der Waals surface area contributed by atoms with Crippen LogP contribution in [0.4, 0.5) is 0 Å². The van der Waals surface area contributed by atoms with Crippen molar-refractivity contribution in [1.82, 2.24) is 4.98 Å². The van der Waals surface area contributed by atoms with E-state index in [0.29, 0.717) is 18.6 Å². The van der Waals surface area contributed by atoms with Gasteiger partial charge in [0.05, 0.1) is 0 Å². The van der Waals surface area contributed by atoms with Gasteiger partial charge in [-0.15, -0.1) is 0 Å². The van der Waals surface area contributed by atoms with Crippen molar-refractivity contribution in [3.63, 3.8) is 0 Å². The van der Waals surface area contributed by atoms with Gasteiger partial charge in [-0.05, 0) is 54.2 Å². The van der Waals surface area contributed by atoms with Crippen LogP contribution in [0.5, 0.6) is 5.75 Å². The maximum atomic E-state index is 10.7. The van der Waals surface area contributed by atoms with Crippen molar-refractivity contribution in [2.24, 2.45) is 0 Å². The fourth-order valence-corrected chi connectivity index (χ4v) is 3.18. The number of pyridine rings is 1. The molecule has 0 spiro atoms. The van der Waals surface area contributed by atoms with Crippen molar-refractivity contribution in [2.75, 3.05) is 0 Å². The third kappa shape index (κ3) is 6.93. The van der Waals surface area contributed by atoms with E-state index in [0.717, 1.165) is 47.1 Å². The van der Waals surface area contributed by atoms with Gasteiger partial charge in [-0.2, -0.15) is 0 Å². The predicted molar refractivity (Wildman–Crippen MR) is 120 cm³/mol. The Balaban J connectivity index is 1.67. The van der Waals surface area contributed by atoms with Crippen molar-refractivity contribution < 1.29 is 19.4 Å². The van der Waals surface area contributed by atoms with E-state index >= 15 is 0 Å². The Hall–Kier alpha value is -3.73. The van der Waals surface area contributed by atoms with Crippen molar-refractivity contribution in [2.45, 2.75) is 32.3 Å². The summed E-state index contributed by atoms with van der Waals surface area (Å²) in [5, 5.41) is 8.79. The number of nitrogens with zero attached hydrogens (tertiary/aromatic N) is 1. The Morgan fingerprint density at radius 1 is 0.968 bits per heavy atom. The maximum absolute atomic E-state index is 10.7. The molecule has 1 aromatic heterocycles. The molecule has 0 bridgehead atoms. The normalized spacial score (nSPS) is 11.2. The summed E-state index contributed by atoms with van der Waals surface area (Å²) < 4.78 is 5.87. The number of hydrogen-bond acceptors (Lipinski definition) is 4. The van der Waals surface area contributed by atoms with Crippen molar-refractivity contribution in [3.8, 4) is 5.75 Å². The second-order valence-electron chi connectivity index (χ2n) is 7.17. The van der Waals surface area contributed by atoms with Crippen LogP contribution in [0.3, 0.4) is 0 Å². The second-order valence-corrected chi connectivity index (χ2v) is 7.17. The average molecular weight is 415 g/mol. The Labute approximate surface area is 182 Å². The summed E-state index contributed by atoms with van der Waals surface area (Å²) in [6, 6.07) is 19.1. The molecule has 0 unspecified atom stereocenters. The van der Waals surface area contributed by atoms with Crippen molar-refractivity contribution >= 4 is 17.8 Å². The molecule has 5 nitrogen and oxygen atoms in total. The number of benzene rings is 2. The van der Waals surface area contributed by atoms with E-state index in [1.165, 1.54) is 0 Å². The highest BCUT2D eigenvalue weighted by atomic mass is 16.5. The molecule has 0 fully saturated rings. The highest BCUT2D eigenvalue weighted by molar-refractivity contribution is 5.79. The molecule has 0 saturated carbocycles. The third-order valence-electron chi connectivity index (χ3n) is 4.85. The van der Waals surface area contributed by atoms with Crippen LogP contribution in [0.25, 0.3) is 5.57 Å². The minimum absolute atomic E-state index is 0.194. The Morgan fingerprint density at radius 2 is 1.74 bits per heavy atom. The molecule has 0 aliphatic carbocycles. The largest absolute Gasteiger partial charge is 0.489 e.